The van der Waals surface area contributed by atoms with Crippen LogP contribution in [-0.2, 0) is 0 Å². The van der Waals surface area contributed by atoms with Crippen molar-refractivity contribution in [2.24, 2.45) is 5.92 Å². The summed E-state index contributed by atoms with van der Waals surface area (Å²) in [4.78, 5) is 13.9. The third-order valence-corrected chi connectivity index (χ3v) is 3.00. The molecule has 1 aromatic rings. The zero-order valence-corrected chi connectivity index (χ0v) is 10.9. The van der Waals surface area contributed by atoms with E-state index in [9.17, 15) is 10.1 Å². The van der Waals surface area contributed by atoms with Crippen LogP contribution in [0.5, 0.6) is 0 Å². The van der Waals surface area contributed by atoms with Crippen LogP contribution in [0.2, 0.25) is 5.02 Å². The number of pyridine rings is 1. The average molecular weight is 274 g/mol. The number of aromatic nitrogens is 1. The first-order valence-electron chi connectivity index (χ1n) is 5.73. The highest BCUT2D eigenvalue weighted by Crippen LogP contribution is 2.24. The fourth-order valence-electron chi connectivity index (χ4n) is 1.53. The lowest BCUT2D eigenvalue weighted by Crippen LogP contribution is -2.15. The monoisotopic (exact) mass is 273 g/mol. The zero-order chi connectivity index (χ0) is 13.5. The molecule has 0 amide bonds. The third-order valence-electron chi connectivity index (χ3n) is 2.71. The summed E-state index contributed by atoms with van der Waals surface area (Å²) in [5.41, 5.74) is -0.132. The molecule has 1 aromatic heterocycles. The summed E-state index contributed by atoms with van der Waals surface area (Å²) >= 11 is 5.90. The maximum absolute atomic E-state index is 10.5. The highest BCUT2D eigenvalue weighted by Gasteiger charge is 2.12. The number of hydrogen-bond donors (Lipinski definition) is 2. The van der Waals surface area contributed by atoms with E-state index in [4.69, 9.17) is 16.7 Å². The Bertz CT molecular complexity index is 415. The molecule has 18 heavy (non-hydrogen) atoms. The van der Waals surface area contributed by atoms with Crippen LogP contribution in [0.4, 0.5) is 11.5 Å². The fraction of sp³-hybridized carbons (Fsp3) is 0.545. The Labute approximate surface area is 110 Å². The first-order valence-corrected chi connectivity index (χ1v) is 6.11. The number of halogens is 1. The van der Waals surface area contributed by atoms with Crippen molar-refractivity contribution in [3.63, 3.8) is 0 Å². The van der Waals surface area contributed by atoms with Gasteiger partial charge in [0.25, 0.3) is 5.69 Å². The molecule has 0 aliphatic carbocycles. The van der Waals surface area contributed by atoms with Crippen molar-refractivity contribution in [3.8, 4) is 0 Å². The predicted octanol–water partition coefficient (Wildman–Crippen LogP) is 2.46. The quantitative estimate of drug-likeness (QED) is 0.588. The minimum Gasteiger partial charge on any atom is -0.396 e. The van der Waals surface area contributed by atoms with E-state index in [2.05, 4.69) is 10.3 Å². The fourth-order valence-corrected chi connectivity index (χ4v) is 1.76. The van der Waals surface area contributed by atoms with Crippen molar-refractivity contribution in [2.45, 2.75) is 19.8 Å². The molecule has 1 unspecified atom stereocenters. The molecule has 7 heteroatoms. The molecule has 0 bridgehead atoms. The van der Waals surface area contributed by atoms with Gasteiger partial charge in [-0.05, 0) is 12.3 Å². The van der Waals surface area contributed by atoms with Gasteiger partial charge in [0.1, 0.15) is 12.0 Å². The smallest absolute Gasteiger partial charge is 0.289 e. The van der Waals surface area contributed by atoms with E-state index < -0.39 is 4.92 Å². The molecule has 2 N–H and O–H groups in total. The van der Waals surface area contributed by atoms with Gasteiger partial charge in [0.15, 0.2) is 0 Å². The van der Waals surface area contributed by atoms with Gasteiger partial charge in [0.2, 0.25) is 0 Å². The molecule has 0 aromatic carbocycles. The van der Waals surface area contributed by atoms with Crippen LogP contribution >= 0.6 is 11.6 Å². The van der Waals surface area contributed by atoms with Crippen molar-refractivity contribution < 1.29 is 10.0 Å². The number of hydrogen-bond acceptors (Lipinski definition) is 5. The Balaban J connectivity index is 2.65. The van der Waals surface area contributed by atoms with Crippen molar-refractivity contribution in [1.29, 1.82) is 0 Å². The summed E-state index contributed by atoms with van der Waals surface area (Å²) in [5.74, 6) is 0.752. The van der Waals surface area contributed by atoms with E-state index in [1.54, 1.807) is 0 Å². The van der Waals surface area contributed by atoms with Gasteiger partial charge in [-0.3, -0.25) is 10.1 Å². The molecule has 0 saturated carbocycles. The maximum atomic E-state index is 10.5. The second kappa shape index (κ2) is 7.13. The van der Waals surface area contributed by atoms with E-state index in [0.29, 0.717) is 24.7 Å². The second-order valence-electron chi connectivity index (χ2n) is 3.95. The predicted molar refractivity (Wildman–Crippen MR) is 69.9 cm³/mol. The van der Waals surface area contributed by atoms with Crippen LogP contribution in [0.15, 0.2) is 12.3 Å². The van der Waals surface area contributed by atoms with Crippen LogP contribution in [0.1, 0.15) is 19.8 Å². The van der Waals surface area contributed by atoms with E-state index in [1.165, 1.54) is 12.3 Å². The Morgan fingerprint density at radius 3 is 2.89 bits per heavy atom. The number of nitrogens with one attached hydrogen (secondary N) is 1. The van der Waals surface area contributed by atoms with E-state index in [0.717, 1.165) is 6.42 Å². The number of rotatable bonds is 7. The molecular weight excluding hydrogens is 258 g/mol. The van der Waals surface area contributed by atoms with Gasteiger partial charge in [0.05, 0.1) is 9.95 Å². The van der Waals surface area contributed by atoms with Gasteiger partial charge in [-0.2, -0.15) is 0 Å². The first kappa shape index (κ1) is 14.7. The lowest BCUT2D eigenvalue weighted by molar-refractivity contribution is -0.385. The SMILES string of the molecule is CCC(CCO)CNc1ncc([N+](=O)[O-])cc1Cl. The molecule has 0 aliphatic heterocycles. The number of aliphatic hydroxyl groups is 1. The summed E-state index contributed by atoms with van der Waals surface area (Å²) in [6.07, 6.45) is 2.80. The van der Waals surface area contributed by atoms with Crippen molar-refractivity contribution >= 4 is 23.1 Å². The Hall–Kier alpha value is -1.40. The number of aliphatic hydroxyl groups excluding tert-OH is 1. The van der Waals surface area contributed by atoms with Gasteiger partial charge in [0, 0.05) is 19.2 Å². The van der Waals surface area contributed by atoms with Gasteiger partial charge in [-0.1, -0.05) is 24.9 Å². The molecule has 1 heterocycles. The number of nitro groups is 1. The minimum atomic E-state index is -0.538. The molecule has 1 atom stereocenters. The summed E-state index contributed by atoms with van der Waals surface area (Å²) in [7, 11) is 0. The van der Waals surface area contributed by atoms with Crippen molar-refractivity contribution in [2.75, 3.05) is 18.5 Å². The second-order valence-corrected chi connectivity index (χ2v) is 4.36. The topological polar surface area (TPSA) is 88.3 Å². The van der Waals surface area contributed by atoms with Crippen molar-refractivity contribution in [3.05, 3.63) is 27.4 Å². The Morgan fingerprint density at radius 2 is 2.39 bits per heavy atom. The third kappa shape index (κ3) is 4.12. The molecule has 1 rings (SSSR count). The highest BCUT2D eigenvalue weighted by molar-refractivity contribution is 6.33. The number of nitrogens with zero attached hydrogens (tertiary/aromatic N) is 2. The van der Waals surface area contributed by atoms with E-state index in [-0.39, 0.29) is 17.3 Å². The van der Waals surface area contributed by atoms with Gasteiger partial charge >= 0.3 is 0 Å². The molecule has 0 saturated heterocycles. The first-order chi connectivity index (χ1) is 8.58. The van der Waals surface area contributed by atoms with Gasteiger partial charge in [-0.25, -0.2) is 4.98 Å². The van der Waals surface area contributed by atoms with E-state index in [1.807, 2.05) is 6.92 Å². The largest absolute Gasteiger partial charge is 0.396 e. The molecule has 0 fully saturated rings. The van der Waals surface area contributed by atoms with Crippen LogP contribution < -0.4 is 5.32 Å². The Kier molecular flexibility index (Phi) is 5.80. The average Bonchev–Trinajstić information content (AvgIpc) is 2.35. The van der Waals surface area contributed by atoms with Crippen LogP contribution in [-0.4, -0.2) is 28.2 Å². The molecule has 6 nitrogen and oxygen atoms in total. The summed E-state index contributed by atoms with van der Waals surface area (Å²) in [6.45, 7) is 2.80. The van der Waals surface area contributed by atoms with Gasteiger partial charge in [-0.15, -0.1) is 0 Å². The summed E-state index contributed by atoms with van der Waals surface area (Å²) < 4.78 is 0. The molecule has 0 radical (unpaired) electrons. The normalized spacial score (nSPS) is 12.2. The Morgan fingerprint density at radius 1 is 1.67 bits per heavy atom. The van der Waals surface area contributed by atoms with Crippen LogP contribution in [0.3, 0.4) is 0 Å². The van der Waals surface area contributed by atoms with Crippen molar-refractivity contribution in [1.82, 2.24) is 4.98 Å². The van der Waals surface area contributed by atoms with Crippen LogP contribution in [0.25, 0.3) is 0 Å². The van der Waals surface area contributed by atoms with E-state index >= 15 is 0 Å². The lowest BCUT2D eigenvalue weighted by Gasteiger charge is -2.15. The summed E-state index contributed by atoms with van der Waals surface area (Å²) in [5, 5.41) is 22.7. The molecule has 0 aliphatic rings. The molecule has 0 spiro atoms. The highest BCUT2D eigenvalue weighted by atomic mass is 35.5. The van der Waals surface area contributed by atoms with Gasteiger partial charge < -0.3 is 10.4 Å². The summed E-state index contributed by atoms with van der Waals surface area (Å²) in [6, 6.07) is 1.27. The number of anilines is 1. The molecular formula is C11H16ClN3O3. The lowest BCUT2D eigenvalue weighted by atomic mass is 10.0. The molecule has 100 valence electrons. The van der Waals surface area contributed by atoms with Crippen LogP contribution in [0, 0.1) is 16.0 Å². The zero-order valence-electron chi connectivity index (χ0n) is 10.1. The minimum absolute atomic E-state index is 0.132. The standard InChI is InChI=1S/C11H16ClN3O3/c1-2-8(3-4-16)6-13-11-10(12)5-9(7-14-11)15(17)18/h5,7-8,16H,2-4,6H2,1H3,(H,13,14). The maximum Gasteiger partial charge on any atom is 0.289 e.